The quantitative estimate of drug-likeness (QED) is 0.544. The smallest absolute Gasteiger partial charge is 0.264 e. The molecule has 2 aliphatic heterocycles. The maximum Gasteiger partial charge on any atom is 0.264 e. The number of piperazine rings is 1. The highest BCUT2D eigenvalue weighted by Gasteiger charge is 2.53. The number of nitrogens with one attached hydrogen (secondary N) is 2. The molecule has 1 aromatic heterocycles. The summed E-state index contributed by atoms with van der Waals surface area (Å²) < 4.78 is 73.9. The van der Waals surface area contributed by atoms with E-state index in [-0.39, 0.29) is 30.6 Å². The van der Waals surface area contributed by atoms with Gasteiger partial charge in [-0.25, -0.2) is 4.98 Å². The zero-order valence-electron chi connectivity index (χ0n) is 30.1. The van der Waals surface area contributed by atoms with Gasteiger partial charge in [0.15, 0.2) is 0 Å². The molecule has 39 heavy (non-hydrogen) atoms. The van der Waals surface area contributed by atoms with Gasteiger partial charge in [0.2, 0.25) is 11.8 Å². The highest BCUT2D eigenvalue weighted by Crippen LogP contribution is 2.57. The molecule has 0 radical (unpaired) electrons. The second kappa shape index (κ2) is 9.70. The van der Waals surface area contributed by atoms with Gasteiger partial charge in [0.1, 0.15) is 11.9 Å². The van der Waals surface area contributed by atoms with Gasteiger partial charge in [-0.15, -0.1) is 0 Å². The van der Waals surface area contributed by atoms with Gasteiger partial charge in [-0.2, -0.15) is 0 Å². The first-order valence-corrected chi connectivity index (χ1v) is 14.1. The molecule has 2 N–H and O–H groups in total. The van der Waals surface area contributed by atoms with Crippen molar-refractivity contribution in [1.29, 1.82) is 0 Å². The van der Waals surface area contributed by atoms with Gasteiger partial charge in [-0.05, 0) is 81.8 Å². The highest BCUT2D eigenvalue weighted by atomic mass is 16.2. The van der Waals surface area contributed by atoms with Crippen molar-refractivity contribution in [2.24, 2.45) is 17.8 Å². The molecule has 1 unspecified atom stereocenters. The molecule has 6 fully saturated rings. The van der Waals surface area contributed by atoms with E-state index in [1.807, 2.05) is 0 Å². The fourth-order valence-electron chi connectivity index (χ4n) is 8.06. The van der Waals surface area contributed by atoms with Crippen LogP contribution >= 0.6 is 0 Å². The van der Waals surface area contributed by atoms with Crippen molar-refractivity contribution in [1.82, 2.24) is 24.7 Å². The van der Waals surface area contributed by atoms with Gasteiger partial charge >= 0.3 is 0 Å². The fraction of sp³-hybridized carbons (Fsp3) is 0.667. The molecule has 208 valence electrons. The Bertz CT molecular complexity index is 1650. The molecule has 2 aromatic rings. The molecule has 0 spiro atoms. The third-order valence-corrected chi connectivity index (χ3v) is 9.35. The molecule has 4 saturated carbocycles. The maximum atomic E-state index is 13.8. The number of hydrogen-bond donors (Lipinski definition) is 2. The van der Waals surface area contributed by atoms with Crippen molar-refractivity contribution in [3.63, 3.8) is 0 Å². The Morgan fingerprint density at radius 3 is 2.41 bits per heavy atom. The van der Waals surface area contributed by atoms with E-state index in [1.54, 1.807) is 25.1 Å². The summed E-state index contributed by atoms with van der Waals surface area (Å²) in [6, 6.07) is 3.96. The van der Waals surface area contributed by atoms with E-state index in [1.165, 1.54) is 4.57 Å². The van der Waals surface area contributed by atoms with E-state index < -0.39 is 61.5 Å². The van der Waals surface area contributed by atoms with Gasteiger partial charge < -0.3 is 5.32 Å². The number of imide groups is 1. The van der Waals surface area contributed by atoms with Crippen LogP contribution in [0.15, 0.2) is 23.0 Å². The first-order valence-electron chi connectivity index (χ1n) is 18.1. The number of hydrogen-bond acceptors (Lipinski definition) is 7. The SMILES string of the molecule is [2H]C1([2H])N(CCNc2cccc3nc(C)n(C4CCC(=O)NC4=O)c(=O)c23)C([2H])([2H])C([2H])([2H])N(C23CC4CC(CC(C4)C2)C3)C1([2H])[2H]. The van der Waals surface area contributed by atoms with E-state index in [9.17, 15) is 14.4 Å². The minimum Gasteiger partial charge on any atom is -0.383 e. The summed E-state index contributed by atoms with van der Waals surface area (Å²) in [4.78, 5) is 44.3. The van der Waals surface area contributed by atoms with Crippen LogP contribution in [0, 0.1) is 24.7 Å². The number of carbonyl (C=O) groups is 2. The topological polar surface area (TPSA) is 99.6 Å². The minimum absolute atomic E-state index is 0.0708. The first kappa shape index (κ1) is 17.8. The monoisotopic (exact) mass is 540 g/mol. The number of nitrogens with zero attached hydrogens (tertiary/aromatic N) is 4. The van der Waals surface area contributed by atoms with Gasteiger partial charge in [0.25, 0.3) is 5.56 Å². The van der Waals surface area contributed by atoms with Crippen molar-refractivity contribution in [3.8, 4) is 0 Å². The van der Waals surface area contributed by atoms with E-state index in [2.05, 4.69) is 15.6 Å². The van der Waals surface area contributed by atoms with Crippen LogP contribution in [0.5, 0.6) is 0 Å². The van der Waals surface area contributed by atoms with Crippen LogP contribution in [-0.2, 0) is 9.59 Å². The molecule has 2 amide bonds. The first-order chi connectivity index (χ1) is 21.9. The van der Waals surface area contributed by atoms with Crippen LogP contribution in [0.25, 0.3) is 10.9 Å². The number of piperidine rings is 1. The van der Waals surface area contributed by atoms with Crippen LogP contribution < -0.4 is 16.2 Å². The van der Waals surface area contributed by atoms with E-state index in [0.29, 0.717) is 53.1 Å². The lowest BCUT2D eigenvalue weighted by Gasteiger charge is -2.61. The summed E-state index contributed by atoms with van der Waals surface area (Å²) in [6.07, 6.45) is 4.86. The third kappa shape index (κ3) is 4.47. The van der Waals surface area contributed by atoms with Crippen LogP contribution in [0.2, 0.25) is 0 Å². The Balaban J connectivity index is 1.18. The lowest BCUT2D eigenvalue weighted by atomic mass is 9.52. The number of carbonyl (C=O) groups excluding carboxylic acids is 2. The Hall–Kier alpha value is -2.78. The molecule has 1 atom stereocenters. The van der Waals surface area contributed by atoms with Crippen LogP contribution in [-0.4, -0.2) is 75.8 Å². The second-order valence-corrected chi connectivity index (χ2v) is 12.0. The fourth-order valence-corrected chi connectivity index (χ4v) is 8.06. The van der Waals surface area contributed by atoms with Crippen LogP contribution in [0.3, 0.4) is 0 Å². The molecular formula is C30H40N6O3. The second-order valence-electron chi connectivity index (χ2n) is 12.0. The lowest BCUT2D eigenvalue weighted by molar-refractivity contribution is -0.135. The Morgan fingerprint density at radius 1 is 1.05 bits per heavy atom. The van der Waals surface area contributed by atoms with E-state index in [4.69, 9.17) is 11.0 Å². The number of anilines is 1. The van der Waals surface area contributed by atoms with E-state index in [0.717, 1.165) is 24.2 Å². The number of aryl methyl sites for hydroxylation is 1. The predicted octanol–water partition coefficient (Wildman–Crippen LogP) is 2.68. The minimum atomic E-state index is -2.91. The number of amides is 2. The zero-order valence-corrected chi connectivity index (χ0v) is 22.1. The molecule has 8 rings (SSSR count). The maximum absolute atomic E-state index is 13.8. The average Bonchev–Trinajstić information content (AvgIpc) is 2.94. The largest absolute Gasteiger partial charge is 0.383 e. The molecule has 9 heteroatoms. The Morgan fingerprint density at radius 2 is 1.74 bits per heavy atom. The molecular weight excluding hydrogens is 492 g/mol. The number of benzene rings is 1. The van der Waals surface area contributed by atoms with Crippen molar-refractivity contribution in [2.45, 2.75) is 69.9 Å². The molecule has 6 aliphatic rings. The summed E-state index contributed by atoms with van der Waals surface area (Å²) in [5.74, 6) is 0.206. The summed E-state index contributed by atoms with van der Waals surface area (Å²) >= 11 is 0. The van der Waals surface area contributed by atoms with Crippen molar-refractivity contribution in [3.05, 3.63) is 34.4 Å². The molecule has 1 aromatic carbocycles. The van der Waals surface area contributed by atoms with Crippen molar-refractivity contribution in [2.75, 3.05) is 44.4 Å². The zero-order chi connectivity index (χ0) is 33.9. The standard InChI is InChI=1S/C30H40N6O3/c1-19-32-24-4-2-3-23(27(24)29(39)36(19)25-5-6-26(37)33-28(25)38)31-7-8-34-9-11-35(12-10-34)30-16-20-13-21(17-30)15-22(14-20)18-30/h2-4,20-22,25,31H,5-18H2,1H3,(H,33,37,38)/i9D2,10D2,11D2,12D2. The summed E-state index contributed by atoms with van der Waals surface area (Å²) in [7, 11) is 0. The summed E-state index contributed by atoms with van der Waals surface area (Å²) in [5.41, 5.74) is -0.847. The highest BCUT2D eigenvalue weighted by molar-refractivity contribution is 5.99. The van der Waals surface area contributed by atoms with Gasteiger partial charge in [-0.3, -0.25) is 34.1 Å². The lowest BCUT2D eigenvalue weighted by Crippen LogP contribution is -2.64. The van der Waals surface area contributed by atoms with Crippen LogP contribution in [0.1, 0.15) is 74.2 Å². The molecule has 4 aliphatic carbocycles. The summed E-state index contributed by atoms with van der Waals surface area (Å²) in [6.45, 7) is -10.5. The Kier molecular flexibility index (Phi) is 4.43. The normalized spacial score (nSPS) is 41.3. The van der Waals surface area contributed by atoms with E-state index >= 15 is 0 Å². The van der Waals surface area contributed by atoms with Crippen molar-refractivity contribution < 1.29 is 20.6 Å². The molecule has 2 saturated heterocycles. The van der Waals surface area contributed by atoms with Gasteiger partial charge in [0.05, 0.1) is 10.9 Å². The third-order valence-electron chi connectivity index (χ3n) is 9.35. The number of aromatic nitrogens is 2. The summed E-state index contributed by atoms with van der Waals surface area (Å²) in [5, 5.41) is 5.46. The average molecular weight is 541 g/mol. The predicted molar refractivity (Wildman–Crippen MR) is 150 cm³/mol. The van der Waals surface area contributed by atoms with Gasteiger partial charge in [0, 0.05) is 67.7 Å². The number of rotatable bonds is 6. The number of fused-ring (bicyclic) bond motifs is 1. The molecule has 3 heterocycles. The van der Waals surface area contributed by atoms with Crippen molar-refractivity contribution >= 4 is 28.4 Å². The molecule has 4 bridgehead atoms. The van der Waals surface area contributed by atoms with Gasteiger partial charge in [-0.1, -0.05) is 6.07 Å². The Labute approximate surface area is 240 Å². The van der Waals surface area contributed by atoms with Crippen LogP contribution in [0.4, 0.5) is 5.69 Å². The molecule has 9 nitrogen and oxygen atoms in total.